The largest absolute Gasteiger partial charge is 0.369 e. The van der Waals surface area contributed by atoms with E-state index in [1.54, 1.807) is 0 Å². The van der Waals surface area contributed by atoms with Crippen LogP contribution in [-0.4, -0.2) is 17.5 Å². The van der Waals surface area contributed by atoms with Gasteiger partial charge in [0.05, 0.1) is 0 Å². The van der Waals surface area contributed by atoms with E-state index in [1.165, 1.54) is 0 Å². The summed E-state index contributed by atoms with van der Waals surface area (Å²) in [5.74, 6) is 0. The second-order valence-electron chi connectivity index (χ2n) is 3.53. The van der Waals surface area contributed by atoms with Crippen LogP contribution in [0.1, 0.15) is 6.42 Å². The number of nitrogens with one attached hydrogen (secondary N) is 2. The van der Waals surface area contributed by atoms with E-state index in [4.69, 9.17) is 11.6 Å². The van der Waals surface area contributed by atoms with E-state index in [0.29, 0.717) is 0 Å². The summed E-state index contributed by atoms with van der Waals surface area (Å²) in [6.45, 7) is 1.97. The molecule has 1 atom stereocenters. The molecule has 76 valence electrons. The van der Waals surface area contributed by atoms with E-state index >= 15 is 0 Å². The quantitative estimate of drug-likeness (QED) is 0.641. The van der Waals surface area contributed by atoms with Crippen molar-refractivity contribution < 1.29 is 0 Å². The van der Waals surface area contributed by atoms with E-state index in [9.17, 15) is 0 Å². The molecule has 1 unspecified atom stereocenters. The van der Waals surface area contributed by atoms with Crippen LogP contribution in [-0.2, 0) is 0 Å². The number of hydrogen-bond donors (Lipinski definition) is 2. The SMILES string of the molecule is Clc1cccc(NC2(Br)CCNC2)c1. The molecule has 0 spiro atoms. The number of rotatable bonds is 2. The van der Waals surface area contributed by atoms with Gasteiger partial charge in [-0.1, -0.05) is 33.6 Å². The first-order chi connectivity index (χ1) is 6.68. The van der Waals surface area contributed by atoms with Crippen LogP contribution in [0, 0.1) is 0 Å². The van der Waals surface area contributed by atoms with E-state index < -0.39 is 0 Å². The molecule has 1 aliphatic rings. The highest BCUT2D eigenvalue weighted by Gasteiger charge is 2.30. The van der Waals surface area contributed by atoms with Crippen LogP contribution in [0.4, 0.5) is 5.69 Å². The van der Waals surface area contributed by atoms with Gasteiger partial charge in [-0.2, -0.15) is 0 Å². The van der Waals surface area contributed by atoms with Crippen LogP contribution in [0.15, 0.2) is 24.3 Å². The average molecular weight is 276 g/mol. The van der Waals surface area contributed by atoms with Gasteiger partial charge in [0, 0.05) is 17.3 Å². The fourth-order valence-corrected chi connectivity index (χ4v) is 2.41. The topological polar surface area (TPSA) is 24.1 Å². The number of benzene rings is 1. The monoisotopic (exact) mass is 274 g/mol. The highest BCUT2D eigenvalue weighted by atomic mass is 79.9. The van der Waals surface area contributed by atoms with Gasteiger partial charge in [-0.05, 0) is 31.2 Å². The van der Waals surface area contributed by atoms with Crippen molar-refractivity contribution in [2.75, 3.05) is 18.4 Å². The van der Waals surface area contributed by atoms with E-state index in [1.807, 2.05) is 24.3 Å². The molecule has 1 heterocycles. The lowest BCUT2D eigenvalue weighted by Gasteiger charge is -2.23. The van der Waals surface area contributed by atoms with Crippen molar-refractivity contribution >= 4 is 33.2 Å². The Morgan fingerprint density at radius 3 is 3.00 bits per heavy atom. The minimum atomic E-state index is -0.0162. The van der Waals surface area contributed by atoms with E-state index in [0.717, 1.165) is 30.2 Å². The summed E-state index contributed by atoms with van der Waals surface area (Å²) < 4.78 is -0.0162. The lowest BCUT2D eigenvalue weighted by atomic mass is 10.2. The lowest BCUT2D eigenvalue weighted by molar-refractivity contribution is 0.745. The summed E-state index contributed by atoms with van der Waals surface area (Å²) in [6.07, 6.45) is 1.07. The third kappa shape index (κ3) is 2.41. The molecule has 4 heteroatoms. The molecule has 2 rings (SSSR count). The smallest absolute Gasteiger partial charge is 0.107 e. The first-order valence-corrected chi connectivity index (χ1v) is 5.78. The van der Waals surface area contributed by atoms with Gasteiger partial charge in [0.25, 0.3) is 0 Å². The van der Waals surface area contributed by atoms with Crippen LogP contribution in [0.3, 0.4) is 0 Å². The molecule has 0 radical (unpaired) electrons. The van der Waals surface area contributed by atoms with Crippen molar-refractivity contribution in [3.63, 3.8) is 0 Å². The maximum absolute atomic E-state index is 5.90. The Morgan fingerprint density at radius 1 is 1.50 bits per heavy atom. The zero-order valence-electron chi connectivity index (χ0n) is 7.69. The number of alkyl halides is 1. The maximum Gasteiger partial charge on any atom is 0.107 e. The molecule has 14 heavy (non-hydrogen) atoms. The van der Waals surface area contributed by atoms with E-state index in [-0.39, 0.29) is 4.45 Å². The Balaban J connectivity index is 2.10. The number of hydrogen-bond acceptors (Lipinski definition) is 2. The Bertz CT molecular complexity index is 324. The minimum absolute atomic E-state index is 0.0162. The highest BCUT2D eigenvalue weighted by Crippen LogP contribution is 2.28. The molecule has 2 nitrogen and oxygen atoms in total. The Labute approximate surface area is 97.2 Å². The molecular weight excluding hydrogens is 263 g/mol. The maximum atomic E-state index is 5.90. The molecule has 1 fully saturated rings. The molecule has 0 aliphatic carbocycles. The van der Waals surface area contributed by atoms with Gasteiger partial charge in [0.2, 0.25) is 0 Å². The molecular formula is C10H12BrClN2. The van der Waals surface area contributed by atoms with Crippen LogP contribution >= 0.6 is 27.5 Å². The third-order valence-corrected chi connectivity index (χ3v) is 3.41. The summed E-state index contributed by atoms with van der Waals surface area (Å²) >= 11 is 9.60. The zero-order chi connectivity index (χ0) is 10.0. The molecule has 1 saturated heterocycles. The molecule has 0 amide bonds. The van der Waals surface area contributed by atoms with Crippen molar-refractivity contribution in [1.29, 1.82) is 0 Å². The van der Waals surface area contributed by atoms with Gasteiger partial charge in [-0.3, -0.25) is 0 Å². The molecule has 1 aromatic rings. The van der Waals surface area contributed by atoms with Gasteiger partial charge < -0.3 is 10.6 Å². The summed E-state index contributed by atoms with van der Waals surface area (Å²) in [6, 6.07) is 7.78. The van der Waals surface area contributed by atoms with Crippen molar-refractivity contribution in [3.05, 3.63) is 29.3 Å². The molecule has 1 aromatic carbocycles. The molecule has 0 aromatic heterocycles. The molecule has 2 N–H and O–H groups in total. The van der Waals surface area contributed by atoms with Crippen molar-refractivity contribution in [2.45, 2.75) is 10.9 Å². The van der Waals surface area contributed by atoms with Crippen LogP contribution < -0.4 is 10.6 Å². The predicted octanol–water partition coefficient (Wildman–Crippen LogP) is 2.84. The molecule has 1 aliphatic heterocycles. The Kier molecular flexibility index (Phi) is 3.00. The van der Waals surface area contributed by atoms with Gasteiger partial charge in [0.1, 0.15) is 4.45 Å². The number of anilines is 1. The summed E-state index contributed by atoms with van der Waals surface area (Å²) in [4.78, 5) is 0. The van der Waals surface area contributed by atoms with Crippen LogP contribution in [0.5, 0.6) is 0 Å². The first-order valence-electron chi connectivity index (χ1n) is 4.61. The zero-order valence-corrected chi connectivity index (χ0v) is 10.0. The predicted molar refractivity (Wildman–Crippen MR) is 64.2 cm³/mol. The van der Waals surface area contributed by atoms with Crippen molar-refractivity contribution in [2.24, 2.45) is 0 Å². The number of halogens is 2. The van der Waals surface area contributed by atoms with Crippen LogP contribution in [0.2, 0.25) is 5.02 Å². The summed E-state index contributed by atoms with van der Waals surface area (Å²) in [5, 5.41) is 7.49. The lowest BCUT2D eigenvalue weighted by Crippen LogP contribution is -2.33. The van der Waals surface area contributed by atoms with Crippen molar-refractivity contribution in [3.8, 4) is 0 Å². The van der Waals surface area contributed by atoms with Crippen molar-refractivity contribution in [1.82, 2.24) is 5.32 Å². The third-order valence-electron chi connectivity index (χ3n) is 2.30. The van der Waals surface area contributed by atoms with E-state index in [2.05, 4.69) is 26.6 Å². The molecule has 0 saturated carbocycles. The normalized spacial score (nSPS) is 26.4. The van der Waals surface area contributed by atoms with Gasteiger partial charge in [0.15, 0.2) is 0 Å². The summed E-state index contributed by atoms with van der Waals surface area (Å²) in [7, 11) is 0. The van der Waals surface area contributed by atoms with Gasteiger partial charge in [-0.25, -0.2) is 0 Å². The first kappa shape index (κ1) is 10.3. The minimum Gasteiger partial charge on any atom is -0.369 e. The Morgan fingerprint density at radius 2 is 2.36 bits per heavy atom. The fourth-order valence-electron chi connectivity index (χ4n) is 1.59. The summed E-state index contributed by atoms with van der Waals surface area (Å²) in [5.41, 5.74) is 1.05. The highest BCUT2D eigenvalue weighted by molar-refractivity contribution is 9.10. The average Bonchev–Trinajstić information content (AvgIpc) is 2.51. The van der Waals surface area contributed by atoms with Gasteiger partial charge in [-0.15, -0.1) is 0 Å². The van der Waals surface area contributed by atoms with Gasteiger partial charge >= 0.3 is 0 Å². The standard InChI is InChI=1S/C10H12BrClN2/c11-10(4-5-13-7-10)14-9-3-1-2-8(12)6-9/h1-3,6,13-14H,4-5,7H2. The fraction of sp³-hybridized carbons (Fsp3) is 0.400. The second kappa shape index (κ2) is 4.09. The molecule has 0 bridgehead atoms. The Hall–Kier alpha value is -0.250. The second-order valence-corrected chi connectivity index (χ2v) is 5.48. The van der Waals surface area contributed by atoms with Crippen LogP contribution in [0.25, 0.3) is 0 Å².